The average molecular weight is 328 g/mol. The molecule has 0 saturated heterocycles. The van der Waals surface area contributed by atoms with Crippen molar-refractivity contribution in [3.63, 3.8) is 0 Å². The van der Waals surface area contributed by atoms with Crippen molar-refractivity contribution in [3.05, 3.63) is 48.1 Å². The van der Waals surface area contributed by atoms with E-state index in [9.17, 15) is 13.9 Å². The minimum absolute atomic E-state index is 0.00904. The second kappa shape index (κ2) is 7.17. The Morgan fingerprint density at radius 3 is 2.82 bits per heavy atom. The largest absolute Gasteiger partial charge is 0.382 e. The van der Waals surface area contributed by atoms with Crippen molar-refractivity contribution in [1.29, 1.82) is 0 Å². The summed E-state index contributed by atoms with van der Waals surface area (Å²) < 4.78 is 31.8. The van der Waals surface area contributed by atoms with Crippen molar-refractivity contribution in [1.82, 2.24) is 19.5 Å². The van der Waals surface area contributed by atoms with Gasteiger partial charge in [-0.15, -0.1) is 0 Å². The fourth-order valence-corrected chi connectivity index (χ4v) is 2.95. The van der Waals surface area contributed by atoms with Gasteiger partial charge in [0.15, 0.2) is 0 Å². The van der Waals surface area contributed by atoms with Gasteiger partial charge in [0.2, 0.25) is 0 Å². The summed E-state index contributed by atoms with van der Waals surface area (Å²) >= 11 is 1.29. The van der Waals surface area contributed by atoms with Crippen LogP contribution in [0, 0.1) is 11.6 Å². The molecule has 22 heavy (non-hydrogen) atoms. The van der Waals surface area contributed by atoms with Crippen LogP contribution < -0.4 is 4.72 Å². The van der Waals surface area contributed by atoms with Gasteiger partial charge in [-0.25, -0.2) is 18.4 Å². The smallest absolute Gasteiger partial charge is 0.137 e. The number of nitrogens with one attached hydrogen (secondary N) is 1. The van der Waals surface area contributed by atoms with Crippen LogP contribution in [0.2, 0.25) is 0 Å². The molecule has 0 unspecified atom stereocenters. The Bertz CT molecular complexity index is 611. The third-order valence-electron chi connectivity index (χ3n) is 3.34. The SMILES string of the molecule is CCNS[C@H](C)[C@](O)(Cn1cncn1)c1ccc(F)cc1F. The molecule has 0 radical (unpaired) electrons. The van der Waals surface area contributed by atoms with E-state index in [-0.39, 0.29) is 12.1 Å². The molecule has 1 heterocycles. The first kappa shape index (κ1) is 16.9. The van der Waals surface area contributed by atoms with Gasteiger partial charge in [0, 0.05) is 18.2 Å². The van der Waals surface area contributed by atoms with Crippen molar-refractivity contribution in [3.8, 4) is 0 Å². The number of benzene rings is 1. The molecule has 8 heteroatoms. The summed E-state index contributed by atoms with van der Waals surface area (Å²) in [6.45, 7) is 4.40. The van der Waals surface area contributed by atoms with Gasteiger partial charge in [-0.05, 0) is 13.0 Å². The fraction of sp³-hybridized carbons (Fsp3) is 0.429. The first-order valence-corrected chi connectivity index (χ1v) is 7.74. The third kappa shape index (κ3) is 3.63. The van der Waals surface area contributed by atoms with Crippen molar-refractivity contribution in [2.24, 2.45) is 0 Å². The van der Waals surface area contributed by atoms with Gasteiger partial charge in [0.05, 0.1) is 11.8 Å². The molecule has 1 aromatic carbocycles. The summed E-state index contributed by atoms with van der Waals surface area (Å²) in [5, 5.41) is 14.7. The number of aliphatic hydroxyl groups is 1. The van der Waals surface area contributed by atoms with E-state index in [0.717, 1.165) is 12.1 Å². The minimum Gasteiger partial charge on any atom is -0.382 e. The van der Waals surface area contributed by atoms with Crippen LogP contribution in [0.5, 0.6) is 0 Å². The molecule has 0 saturated carbocycles. The topological polar surface area (TPSA) is 63.0 Å². The predicted octanol–water partition coefficient (Wildman–Crippen LogP) is 2.09. The van der Waals surface area contributed by atoms with E-state index in [1.807, 2.05) is 6.92 Å². The number of aromatic nitrogens is 3. The lowest BCUT2D eigenvalue weighted by Gasteiger charge is -2.34. The summed E-state index contributed by atoms with van der Waals surface area (Å²) in [6, 6.07) is 3.17. The summed E-state index contributed by atoms with van der Waals surface area (Å²) in [7, 11) is 0. The number of halogens is 2. The molecule has 0 amide bonds. The molecule has 2 aromatic rings. The van der Waals surface area contributed by atoms with Crippen LogP contribution in [0.25, 0.3) is 0 Å². The van der Waals surface area contributed by atoms with Crippen molar-refractivity contribution >= 4 is 11.9 Å². The number of nitrogens with zero attached hydrogens (tertiary/aromatic N) is 3. The fourth-order valence-electron chi connectivity index (χ4n) is 2.14. The van der Waals surface area contributed by atoms with E-state index >= 15 is 0 Å². The van der Waals surface area contributed by atoms with Crippen LogP contribution in [0.4, 0.5) is 8.78 Å². The molecule has 0 fully saturated rings. The van der Waals surface area contributed by atoms with Crippen molar-refractivity contribution < 1.29 is 13.9 Å². The Labute approximate surface area is 131 Å². The van der Waals surface area contributed by atoms with Gasteiger partial charge < -0.3 is 5.11 Å². The Morgan fingerprint density at radius 1 is 1.45 bits per heavy atom. The summed E-state index contributed by atoms with van der Waals surface area (Å²) in [5.41, 5.74) is -1.54. The zero-order valence-electron chi connectivity index (χ0n) is 12.3. The second-order valence-corrected chi connectivity index (χ2v) is 6.13. The molecule has 1 aromatic heterocycles. The van der Waals surface area contributed by atoms with E-state index in [0.29, 0.717) is 6.54 Å². The standard InChI is InChI=1S/C14H18F2N4OS/c1-3-19-22-10(2)14(21,7-20-9-17-8-18-20)12-5-4-11(15)6-13(12)16/h4-6,8-10,19,21H,3,7H2,1-2H3/t10-,14-/m1/s1. The Hall–Kier alpha value is -1.51. The lowest BCUT2D eigenvalue weighted by molar-refractivity contribution is 0.0132. The minimum atomic E-state index is -1.57. The van der Waals surface area contributed by atoms with E-state index in [1.165, 1.54) is 35.4 Å². The van der Waals surface area contributed by atoms with Crippen LogP contribution in [0.15, 0.2) is 30.9 Å². The molecule has 0 aliphatic heterocycles. The highest BCUT2D eigenvalue weighted by Gasteiger charge is 2.39. The van der Waals surface area contributed by atoms with Crippen LogP contribution in [0.1, 0.15) is 19.4 Å². The summed E-state index contributed by atoms with van der Waals surface area (Å²) in [6.07, 6.45) is 2.78. The monoisotopic (exact) mass is 328 g/mol. The maximum absolute atomic E-state index is 14.2. The Morgan fingerprint density at radius 2 is 2.23 bits per heavy atom. The quantitative estimate of drug-likeness (QED) is 0.762. The highest BCUT2D eigenvalue weighted by atomic mass is 32.2. The molecular weight excluding hydrogens is 310 g/mol. The lowest BCUT2D eigenvalue weighted by atomic mass is 9.90. The van der Waals surface area contributed by atoms with Crippen molar-refractivity contribution in [2.75, 3.05) is 6.54 Å². The summed E-state index contributed by atoms with van der Waals surface area (Å²) in [4.78, 5) is 3.82. The van der Waals surface area contributed by atoms with E-state index in [1.54, 1.807) is 6.92 Å². The van der Waals surface area contributed by atoms with E-state index in [2.05, 4.69) is 14.8 Å². The molecule has 2 N–H and O–H groups in total. The highest BCUT2D eigenvalue weighted by Crippen LogP contribution is 2.35. The molecule has 2 rings (SSSR count). The third-order valence-corrected chi connectivity index (χ3v) is 4.54. The maximum atomic E-state index is 14.2. The van der Waals surface area contributed by atoms with Crippen molar-refractivity contribution in [2.45, 2.75) is 31.2 Å². The zero-order valence-corrected chi connectivity index (χ0v) is 13.1. The Balaban J connectivity index is 2.39. The Kier molecular flexibility index (Phi) is 5.49. The van der Waals surface area contributed by atoms with Gasteiger partial charge >= 0.3 is 0 Å². The van der Waals surface area contributed by atoms with Gasteiger partial charge in [0.25, 0.3) is 0 Å². The van der Waals surface area contributed by atoms with Crippen LogP contribution in [0.3, 0.4) is 0 Å². The van der Waals surface area contributed by atoms with Crippen LogP contribution >= 0.6 is 11.9 Å². The van der Waals surface area contributed by atoms with Gasteiger partial charge in [-0.3, -0.25) is 4.72 Å². The number of hydrogen-bond acceptors (Lipinski definition) is 5. The molecule has 2 atom stereocenters. The number of rotatable bonds is 7. The normalized spacial score (nSPS) is 15.5. The first-order valence-electron chi connectivity index (χ1n) is 6.86. The first-order chi connectivity index (χ1) is 10.5. The maximum Gasteiger partial charge on any atom is 0.137 e. The van der Waals surface area contributed by atoms with Crippen LogP contribution in [-0.4, -0.2) is 31.7 Å². The van der Waals surface area contributed by atoms with Gasteiger partial charge in [-0.1, -0.05) is 24.9 Å². The molecule has 0 bridgehead atoms. The molecular formula is C14H18F2N4OS. The highest BCUT2D eigenvalue weighted by molar-refractivity contribution is 7.98. The lowest BCUT2D eigenvalue weighted by Crippen LogP contribution is -2.42. The molecule has 0 spiro atoms. The molecule has 5 nitrogen and oxygen atoms in total. The second-order valence-electron chi connectivity index (χ2n) is 4.90. The summed E-state index contributed by atoms with van der Waals surface area (Å²) in [5.74, 6) is -1.47. The molecule has 0 aliphatic rings. The molecule has 0 aliphatic carbocycles. The number of hydrogen-bond donors (Lipinski definition) is 2. The van der Waals surface area contributed by atoms with Gasteiger partial charge in [0.1, 0.15) is 29.9 Å². The molecule has 120 valence electrons. The van der Waals surface area contributed by atoms with Gasteiger partial charge in [-0.2, -0.15) is 5.10 Å². The predicted molar refractivity (Wildman–Crippen MR) is 81.0 cm³/mol. The van der Waals surface area contributed by atoms with Crippen LogP contribution in [-0.2, 0) is 12.1 Å². The van der Waals surface area contributed by atoms with E-state index < -0.39 is 22.5 Å². The average Bonchev–Trinajstić information content (AvgIpc) is 2.97. The zero-order chi connectivity index (χ0) is 16.2. The van der Waals surface area contributed by atoms with E-state index in [4.69, 9.17) is 0 Å².